The monoisotopic (exact) mass is 377 g/mol. The Morgan fingerprint density at radius 1 is 1.48 bits per heavy atom. The van der Waals surface area contributed by atoms with Crippen LogP contribution in [0.2, 0.25) is 0 Å². The number of Topliss-reactive ketones (excluding diaryl/α,β-unsaturated/α-hetero) is 1. The molecule has 0 saturated carbocycles. The van der Waals surface area contributed by atoms with Gasteiger partial charge in [0.05, 0.1) is 16.7 Å². The maximum absolute atomic E-state index is 12.5. The van der Waals surface area contributed by atoms with Crippen molar-refractivity contribution < 1.29 is 24.2 Å². The van der Waals surface area contributed by atoms with Crippen LogP contribution in [0.1, 0.15) is 19.3 Å². The van der Waals surface area contributed by atoms with Gasteiger partial charge in [0.1, 0.15) is 10.4 Å². The van der Waals surface area contributed by atoms with Crippen LogP contribution in [0.15, 0.2) is 46.6 Å². The summed E-state index contributed by atoms with van der Waals surface area (Å²) in [6, 6.07) is 0. The molecule has 3 rings (SSSR count). The Morgan fingerprint density at radius 3 is 3.04 bits per heavy atom. The maximum Gasteiger partial charge on any atom is 0.303 e. The van der Waals surface area contributed by atoms with Crippen molar-refractivity contribution >= 4 is 46.0 Å². The minimum absolute atomic E-state index is 0.0311. The first-order chi connectivity index (χ1) is 12.0. The fourth-order valence-electron chi connectivity index (χ4n) is 2.65. The Hall–Kier alpha value is -2.19. The van der Waals surface area contributed by atoms with Gasteiger partial charge in [0.2, 0.25) is 0 Å². The molecule has 1 saturated heterocycles. The maximum atomic E-state index is 12.5. The summed E-state index contributed by atoms with van der Waals surface area (Å²) < 4.78 is 5.91. The van der Waals surface area contributed by atoms with Crippen molar-refractivity contribution in [1.29, 1.82) is 0 Å². The minimum Gasteiger partial charge on any atom is -0.488 e. The molecule has 3 aliphatic rings. The normalized spacial score (nSPS) is 24.2. The molecule has 1 aliphatic carbocycles. The lowest BCUT2D eigenvalue weighted by atomic mass is 9.93. The van der Waals surface area contributed by atoms with Gasteiger partial charge in [-0.2, -0.15) is 0 Å². The SMILES string of the molecule is O=C(O)CCCN1C(=O)C(=CC2=COC3C=CCC=C3C2=O)SC1=S. The molecule has 0 radical (unpaired) electrons. The number of thiocarbonyl (C=S) groups is 1. The van der Waals surface area contributed by atoms with Gasteiger partial charge in [0, 0.05) is 18.5 Å². The van der Waals surface area contributed by atoms with Crippen LogP contribution >= 0.6 is 24.0 Å². The van der Waals surface area contributed by atoms with E-state index in [1.54, 1.807) is 0 Å². The molecule has 1 unspecified atom stereocenters. The summed E-state index contributed by atoms with van der Waals surface area (Å²) in [5.41, 5.74) is 0.886. The second-order valence-electron chi connectivity index (χ2n) is 5.61. The number of nitrogens with zero attached hydrogens (tertiary/aromatic N) is 1. The van der Waals surface area contributed by atoms with Gasteiger partial charge in [-0.1, -0.05) is 36.1 Å². The molecule has 0 aromatic rings. The molecular formula is C17H15NO5S2. The standard InChI is InChI=1S/C17H15NO5S2/c19-14(20)6-3-7-18-16(22)13(25-17(18)24)8-10-9-23-12-5-2-1-4-11(12)15(10)21/h2,4-5,8-9,12H,1,3,6-7H2,(H,19,20). The molecule has 0 aromatic heterocycles. The van der Waals surface area contributed by atoms with E-state index in [0.29, 0.717) is 33.2 Å². The molecular weight excluding hydrogens is 362 g/mol. The summed E-state index contributed by atoms with van der Waals surface area (Å²) in [6.07, 6.45) is 9.07. The highest BCUT2D eigenvalue weighted by molar-refractivity contribution is 8.26. The minimum atomic E-state index is -0.916. The molecule has 0 aromatic carbocycles. The molecule has 130 valence electrons. The lowest BCUT2D eigenvalue weighted by Gasteiger charge is -2.23. The zero-order chi connectivity index (χ0) is 18.0. The number of amides is 1. The van der Waals surface area contributed by atoms with E-state index in [2.05, 4.69) is 0 Å². The highest BCUT2D eigenvalue weighted by Crippen LogP contribution is 2.34. The highest BCUT2D eigenvalue weighted by atomic mass is 32.2. The number of allylic oxidation sites excluding steroid dienone is 4. The summed E-state index contributed by atoms with van der Waals surface area (Å²) >= 11 is 6.29. The Kier molecular flexibility index (Phi) is 5.19. The Labute approximate surface area is 153 Å². The number of hydrogen-bond donors (Lipinski definition) is 1. The molecule has 2 heterocycles. The van der Waals surface area contributed by atoms with Crippen molar-refractivity contribution in [1.82, 2.24) is 4.90 Å². The Balaban J connectivity index is 1.73. The number of thioether (sulfide) groups is 1. The first-order valence-electron chi connectivity index (χ1n) is 7.71. The van der Waals surface area contributed by atoms with Crippen molar-refractivity contribution in [2.45, 2.75) is 25.4 Å². The van der Waals surface area contributed by atoms with Crippen LogP contribution in [-0.4, -0.2) is 44.6 Å². The van der Waals surface area contributed by atoms with Gasteiger partial charge in [-0.3, -0.25) is 19.3 Å². The zero-order valence-electron chi connectivity index (χ0n) is 13.1. The molecule has 25 heavy (non-hydrogen) atoms. The fourth-order valence-corrected chi connectivity index (χ4v) is 3.95. The number of fused-ring (bicyclic) bond motifs is 1. The number of ether oxygens (including phenoxy) is 1. The first-order valence-corrected chi connectivity index (χ1v) is 8.94. The number of carbonyl (C=O) groups excluding carboxylic acids is 2. The molecule has 2 aliphatic heterocycles. The first kappa shape index (κ1) is 17.6. The summed E-state index contributed by atoms with van der Waals surface area (Å²) in [7, 11) is 0. The second kappa shape index (κ2) is 7.37. The van der Waals surface area contributed by atoms with Crippen molar-refractivity contribution in [2.24, 2.45) is 0 Å². The quantitative estimate of drug-likeness (QED) is 0.447. The third-order valence-electron chi connectivity index (χ3n) is 3.89. The van der Waals surface area contributed by atoms with Gasteiger partial charge >= 0.3 is 5.97 Å². The van der Waals surface area contributed by atoms with Crippen molar-refractivity contribution in [2.75, 3.05) is 6.54 Å². The lowest BCUT2D eigenvalue weighted by molar-refractivity contribution is -0.137. The smallest absolute Gasteiger partial charge is 0.303 e. The van der Waals surface area contributed by atoms with Crippen LogP contribution in [0.25, 0.3) is 0 Å². The Bertz CT molecular complexity index is 778. The van der Waals surface area contributed by atoms with Gasteiger partial charge in [0.15, 0.2) is 5.78 Å². The summed E-state index contributed by atoms with van der Waals surface area (Å²) in [5.74, 6) is -1.38. The molecule has 1 atom stereocenters. The third kappa shape index (κ3) is 3.74. The van der Waals surface area contributed by atoms with E-state index >= 15 is 0 Å². The van der Waals surface area contributed by atoms with Gasteiger partial charge in [-0.05, 0) is 25.0 Å². The Morgan fingerprint density at radius 2 is 2.28 bits per heavy atom. The van der Waals surface area contributed by atoms with Crippen molar-refractivity contribution in [3.8, 4) is 0 Å². The number of carboxylic acid groups (broad SMARTS) is 1. The van der Waals surface area contributed by atoms with Crippen LogP contribution in [-0.2, 0) is 19.1 Å². The van der Waals surface area contributed by atoms with Crippen LogP contribution in [0.5, 0.6) is 0 Å². The van der Waals surface area contributed by atoms with E-state index < -0.39 is 5.97 Å². The molecule has 6 nitrogen and oxygen atoms in total. The molecule has 1 fully saturated rings. The van der Waals surface area contributed by atoms with Crippen LogP contribution in [0.4, 0.5) is 0 Å². The molecule has 0 bridgehead atoms. The predicted octanol–water partition coefficient (Wildman–Crippen LogP) is 2.33. The third-order valence-corrected chi connectivity index (χ3v) is 5.27. The molecule has 0 spiro atoms. The van der Waals surface area contributed by atoms with Crippen molar-refractivity contribution in [3.05, 3.63) is 46.6 Å². The number of aliphatic carboxylic acids is 1. The number of carboxylic acids is 1. The summed E-state index contributed by atoms with van der Waals surface area (Å²) in [6.45, 7) is 0.246. The number of rotatable bonds is 5. The van der Waals surface area contributed by atoms with E-state index in [-0.39, 0.29) is 30.8 Å². The van der Waals surface area contributed by atoms with E-state index in [1.807, 2.05) is 18.2 Å². The molecule has 8 heteroatoms. The van der Waals surface area contributed by atoms with Crippen LogP contribution in [0.3, 0.4) is 0 Å². The number of carbonyl (C=O) groups is 3. The average Bonchev–Trinajstić information content (AvgIpc) is 2.85. The highest BCUT2D eigenvalue weighted by Gasteiger charge is 2.34. The van der Waals surface area contributed by atoms with E-state index in [4.69, 9.17) is 22.1 Å². The van der Waals surface area contributed by atoms with E-state index in [9.17, 15) is 14.4 Å². The molecule has 1 N–H and O–H groups in total. The number of ketones is 1. The topological polar surface area (TPSA) is 83.9 Å². The fraction of sp³-hybridized carbons (Fsp3) is 0.294. The van der Waals surface area contributed by atoms with Crippen LogP contribution < -0.4 is 0 Å². The lowest BCUT2D eigenvalue weighted by Crippen LogP contribution is -2.29. The largest absolute Gasteiger partial charge is 0.488 e. The summed E-state index contributed by atoms with van der Waals surface area (Å²) in [5, 5.41) is 8.69. The van der Waals surface area contributed by atoms with Gasteiger partial charge in [-0.25, -0.2) is 0 Å². The predicted molar refractivity (Wildman–Crippen MR) is 96.7 cm³/mol. The van der Waals surface area contributed by atoms with Gasteiger partial charge < -0.3 is 9.84 Å². The van der Waals surface area contributed by atoms with Gasteiger partial charge in [-0.15, -0.1) is 0 Å². The average molecular weight is 377 g/mol. The van der Waals surface area contributed by atoms with E-state index in [0.717, 1.165) is 11.8 Å². The van der Waals surface area contributed by atoms with Crippen molar-refractivity contribution in [3.63, 3.8) is 0 Å². The van der Waals surface area contributed by atoms with E-state index in [1.165, 1.54) is 17.2 Å². The molecule has 1 amide bonds. The second-order valence-corrected chi connectivity index (χ2v) is 7.29. The van der Waals surface area contributed by atoms with Gasteiger partial charge in [0.25, 0.3) is 5.91 Å². The van der Waals surface area contributed by atoms with Crippen LogP contribution in [0, 0.1) is 0 Å². The zero-order valence-corrected chi connectivity index (χ0v) is 14.8. The number of hydrogen-bond acceptors (Lipinski definition) is 6. The summed E-state index contributed by atoms with van der Waals surface area (Å²) in [4.78, 5) is 37.3.